The van der Waals surface area contributed by atoms with Gasteiger partial charge < -0.3 is 4.74 Å². The van der Waals surface area contributed by atoms with Crippen molar-refractivity contribution in [1.82, 2.24) is 14.6 Å². The van der Waals surface area contributed by atoms with E-state index in [0.717, 1.165) is 42.6 Å². The summed E-state index contributed by atoms with van der Waals surface area (Å²) in [5.41, 5.74) is 5.46. The first kappa shape index (κ1) is 15.7. The minimum atomic E-state index is 0.566. The molecule has 0 saturated heterocycles. The molecule has 0 saturated carbocycles. The molecule has 0 fully saturated rings. The van der Waals surface area contributed by atoms with Crippen LogP contribution in [0.4, 0.5) is 0 Å². The van der Waals surface area contributed by atoms with Crippen LogP contribution >= 0.6 is 23.2 Å². The van der Waals surface area contributed by atoms with Gasteiger partial charge in [0.05, 0.1) is 23.5 Å². The molecule has 0 N–H and O–H groups in total. The molecule has 0 unspecified atom stereocenters. The summed E-state index contributed by atoms with van der Waals surface area (Å²) in [6, 6.07) is 7.85. The Labute approximate surface area is 150 Å². The minimum Gasteiger partial charge on any atom is -0.492 e. The third kappa shape index (κ3) is 2.74. The van der Waals surface area contributed by atoms with Crippen LogP contribution in [0.15, 0.2) is 30.5 Å². The Balaban J connectivity index is 1.78. The summed E-state index contributed by atoms with van der Waals surface area (Å²) in [4.78, 5) is 4.72. The van der Waals surface area contributed by atoms with Crippen molar-refractivity contribution in [2.75, 3.05) is 12.5 Å². The number of benzene rings is 1. The molecule has 1 aliphatic carbocycles. The Bertz CT molecular complexity index is 891. The number of aromatic nitrogens is 3. The van der Waals surface area contributed by atoms with Gasteiger partial charge in [0.15, 0.2) is 5.65 Å². The smallest absolute Gasteiger partial charge is 0.155 e. The highest BCUT2D eigenvalue weighted by Gasteiger charge is 2.21. The van der Waals surface area contributed by atoms with Crippen LogP contribution < -0.4 is 4.74 Å². The van der Waals surface area contributed by atoms with E-state index < -0.39 is 0 Å². The lowest BCUT2D eigenvalue weighted by molar-refractivity contribution is 0.318. The predicted octanol–water partition coefficient (Wildman–Crippen LogP) is 4.55. The van der Waals surface area contributed by atoms with Crippen LogP contribution in [0.25, 0.3) is 16.9 Å². The zero-order valence-corrected chi connectivity index (χ0v) is 14.6. The maximum atomic E-state index is 6.43. The van der Waals surface area contributed by atoms with Crippen molar-refractivity contribution in [1.29, 1.82) is 0 Å². The van der Waals surface area contributed by atoms with Crippen molar-refractivity contribution in [2.24, 2.45) is 0 Å². The van der Waals surface area contributed by atoms with Gasteiger partial charge >= 0.3 is 0 Å². The van der Waals surface area contributed by atoms with Crippen LogP contribution in [-0.2, 0) is 12.8 Å². The fraction of sp³-hybridized carbons (Fsp3) is 0.333. The molecular weight excluding hydrogens is 345 g/mol. The number of nitrogens with zero attached hydrogens (tertiary/aromatic N) is 3. The molecule has 24 heavy (non-hydrogen) atoms. The number of aryl methyl sites for hydroxylation is 1. The van der Waals surface area contributed by atoms with Gasteiger partial charge in [-0.3, -0.25) is 0 Å². The number of fused-ring (bicyclic) bond motifs is 2. The Morgan fingerprint density at radius 1 is 1.21 bits per heavy atom. The van der Waals surface area contributed by atoms with E-state index in [4.69, 9.17) is 32.9 Å². The van der Waals surface area contributed by atoms with E-state index in [-0.39, 0.29) is 0 Å². The van der Waals surface area contributed by atoms with Gasteiger partial charge in [-0.25, -0.2) is 9.50 Å². The van der Waals surface area contributed by atoms with Gasteiger partial charge in [-0.2, -0.15) is 5.10 Å². The van der Waals surface area contributed by atoms with Crippen LogP contribution in [0, 0.1) is 0 Å². The molecule has 1 aromatic carbocycles. The van der Waals surface area contributed by atoms with Crippen molar-refractivity contribution in [3.63, 3.8) is 0 Å². The first-order valence-electron chi connectivity index (χ1n) is 8.12. The molecule has 4 nitrogen and oxygen atoms in total. The Morgan fingerprint density at radius 2 is 2.12 bits per heavy atom. The topological polar surface area (TPSA) is 39.4 Å². The number of rotatable bonds is 5. The van der Waals surface area contributed by atoms with E-state index in [9.17, 15) is 0 Å². The second-order valence-corrected chi connectivity index (χ2v) is 6.66. The molecule has 2 heterocycles. The van der Waals surface area contributed by atoms with Crippen molar-refractivity contribution >= 4 is 28.8 Å². The lowest BCUT2D eigenvalue weighted by atomic mass is 10.0. The number of halogens is 2. The Hall–Kier alpha value is -1.78. The van der Waals surface area contributed by atoms with Gasteiger partial charge in [-0.1, -0.05) is 11.6 Å². The van der Waals surface area contributed by atoms with Gasteiger partial charge in [-0.05, 0) is 43.9 Å². The third-order valence-electron chi connectivity index (χ3n) is 4.30. The van der Waals surface area contributed by atoms with Gasteiger partial charge in [0.25, 0.3) is 0 Å². The zero-order valence-electron chi connectivity index (χ0n) is 13.1. The molecule has 4 rings (SSSR count). The predicted molar refractivity (Wildman–Crippen MR) is 96.3 cm³/mol. The van der Waals surface area contributed by atoms with E-state index in [2.05, 4.69) is 5.10 Å². The molecular formula is C18H17Cl2N3O. The summed E-state index contributed by atoms with van der Waals surface area (Å²) in [6.07, 6.45) is 5.77. The number of alkyl halides is 1. The molecule has 0 spiro atoms. The summed E-state index contributed by atoms with van der Waals surface area (Å²) >= 11 is 12.1. The zero-order chi connectivity index (χ0) is 16.5. The van der Waals surface area contributed by atoms with E-state index in [1.54, 1.807) is 6.20 Å². The summed E-state index contributed by atoms with van der Waals surface area (Å²) in [6.45, 7) is 0.566. The summed E-state index contributed by atoms with van der Waals surface area (Å²) < 4.78 is 7.59. The fourth-order valence-electron chi connectivity index (χ4n) is 3.22. The number of ether oxygens (including phenoxy) is 1. The summed E-state index contributed by atoms with van der Waals surface area (Å²) in [5.74, 6) is 1.27. The van der Waals surface area contributed by atoms with Gasteiger partial charge in [0, 0.05) is 28.8 Å². The molecule has 6 heteroatoms. The SMILES string of the molecule is ClCCCOc1ccc(-c2c3c(nc4ccnn24)CCC3)cc1Cl. The molecule has 1 aliphatic rings. The van der Waals surface area contributed by atoms with Crippen LogP contribution in [0.2, 0.25) is 5.02 Å². The van der Waals surface area contributed by atoms with E-state index >= 15 is 0 Å². The van der Waals surface area contributed by atoms with Crippen LogP contribution in [0.1, 0.15) is 24.1 Å². The standard InChI is InChI=1S/C18H17Cl2N3O/c19-8-2-10-24-16-6-5-12(11-14(16)20)18-13-3-1-4-15(13)22-17-7-9-21-23(17)18/h5-7,9,11H,1-4,8,10H2. The second kappa shape index (κ2) is 6.61. The van der Waals surface area contributed by atoms with Gasteiger partial charge in [-0.15, -0.1) is 11.6 Å². The van der Waals surface area contributed by atoms with Crippen LogP contribution in [0.5, 0.6) is 5.75 Å². The van der Waals surface area contributed by atoms with Gasteiger partial charge in [0.1, 0.15) is 5.75 Å². The maximum Gasteiger partial charge on any atom is 0.155 e. The second-order valence-electron chi connectivity index (χ2n) is 5.88. The highest BCUT2D eigenvalue weighted by molar-refractivity contribution is 6.32. The first-order chi connectivity index (χ1) is 11.8. The average molecular weight is 362 g/mol. The average Bonchev–Trinajstić information content (AvgIpc) is 3.22. The molecule has 2 aromatic heterocycles. The molecule has 124 valence electrons. The van der Waals surface area contributed by atoms with Crippen LogP contribution in [0.3, 0.4) is 0 Å². The molecule has 3 aromatic rings. The molecule has 0 aliphatic heterocycles. The molecule has 0 bridgehead atoms. The lowest BCUT2D eigenvalue weighted by Crippen LogP contribution is -2.03. The number of hydrogen-bond donors (Lipinski definition) is 0. The van der Waals surface area contributed by atoms with E-state index in [0.29, 0.717) is 23.3 Å². The van der Waals surface area contributed by atoms with Crippen LogP contribution in [-0.4, -0.2) is 27.1 Å². The fourth-order valence-corrected chi connectivity index (χ4v) is 3.57. The third-order valence-corrected chi connectivity index (χ3v) is 4.86. The van der Waals surface area contributed by atoms with Crippen molar-refractivity contribution in [2.45, 2.75) is 25.7 Å². The first-order valence-corrected chi connectivity index (χ1v) is 9.03. The van der Waals surface area contributed by atoms with Crippen molar-refractivity contribution in [3.05, 3.63) is 46.7 Å². The van der Waals surface area contributed by atoms with Crippen molar-refractivity contribution < 1.29 is 4.74 Å². The monoisotopic (exact) mass is 361 g/mol. The minimum absolute atomic E-state index is 0.566. The number of hydrogen-bond acceptors (Lipinski definition) is 3. The molecule has 0 amide bonds. The normalized spacial score (nSPS) is 13.4. The van der Waals surface area contributed by atoms with Crippen molar-refractivity contribution in [3.8, 4) is 17.0 Å². The Morgan fingerprint density at radius 3 is 2.96 bits per heavy atom. The maximum absolute atomic E-state index is 6.43. The molecule has 0 radical (unpaired) electrons. The van der Waals surface area contributed by atoms with E-state index in [1.807, 2.05) is 28.8 Å². The molecule has 0 atom stereocenters. The summed E-state index contributed by atoms with van der Waals surface area (Å²) in [5, 5.41) is 5.05. The van der Waals surface area contributed by atoms with Gasteiger partial charge in [0.2, 0.25) is 0 Å². The quantitative estimate of drug-likeness (QED) is 0.494. The largest absolute Gasteiger partial charge is 0.492 e. The Kier molecular flexibility index (Phi) is 4.33. The highest BCUT2D eigenvalue weighted by atomic mass is 35.5. The highest BCUT2D eigenvalue weighted by Crippen LogP contribution is 2.35. The lowest BCUT2D eigenvalue weighted by Gasteiger charge is -2.13. The van der Waals surface area contributed by atoms with E-state index in [1.165, 1.54) is 11.3 Å². The summed E-state index contributed by atoms with van der Waals surface area (Å²) in [7, 11) is 0.